The van der Waals surface area contributed by atoms with Crippen molar-refractivity contribution in [3.63, 3.8) is 0 Å². The molecule has 0 aromatic rings. The highest BCUT2D eigenvalue weighted by Crippen LogP contribution is 2.48. The van der Waals surface area contributed by atoms with Crippen molar-refractivity contribution < 1.29 is 14.3 Å². The molecule has 118 valence electrons. The molecule has 0 aromatic heterocycles. The zero-order chi connectivity index (χ0) is 15.8. The van der Waals surface area contributed by atoms with Gasteiger partial charge < -0.3 is 9.64 Å². The molecule has 3 fully saturated rings. The summed E-state index contributed by atoms with van der Waals surface area (Å²) in [7, 11) is 3.62. The van der Waals surface area contributed by atoms with Gasteiger partial charge in [0.05, 0.1) is 6.34 Å². The maximum absolute atomic E-state index is 12.5. The van der Waals surface area contributed by atoms with Gasteiger partial charge in [-0.3, -0.25) is 9.69 Å². The van der Waals surface area contributed by atoms with Crippen LogP contribution < -0.4 is 0 Å². The van der Waals surface area contributed by atoms with Crippen LogP contribution in [0.1, 0.15) is 46.5 Å². The Hall–Kier alpha value is -1.59. The normalized spacial score (nSPS) is 28.2. The zero-order valence-electron chi connectivity index (χ0n) is 13.5. The molecule has 0 N–H and O–H groups in total. The highest BCUT2D eigenvalue weighted by atomic mass is 16.6. The fourth-order valence-corrected chi connectivity index (χ4v) is 3.12. The summed E-state index contributed by atoms with van der Waals surface area (Å²) < 4.78 is 5.45. The third kappa shape index (κ3) is 3.04. The van der Waals surface area contributed by atoms with Crippen LogP contribution in [0.4, 0.5) is 4.79 Å². The molecular weight excluding hydrogens is 270 g/mol. The zero-order valence-corrected chi connectivity index (χ0v) is 13.5. The van der Waals surface area contributed by atoms with Gasteiger partial charge in [0.25, 0.3) is 5.91 Å². The van der Waals surface area contributed by atoms with Crippen molar-refractivity contribution in [2.24, 2.45) is 4.99 Å². The summed E-state index contributed by atoms with van der Waals surface area (Å²) >= 11 is 0. The van der Waals surface area contributed by atoms with Crippen LogP contribution in [0.3, 0.4) is 0 Å². The van der Waals surface area contributed by atoms with Crippen LogP contribution in [0.25, 0.3) is 0 Å². The fourth-order valence-electron chi connectivity index (χ4n) is 3.12. The van der Waals surface area contributed by atoms with E-state index in [1.807, 2.05) is 34.9 Å². The highest BCUT2D eigenvalue weighted by Gasteiger charge is 2.61. The largest absolute Gasteiger partial charge is 0.444 e. The Balaban J connectivity index is 2.17. The lowest BCUT2D eigenvalue weighted by Crippen LogP contribution is -2.73. The second-order valence-corrected chi connectivity index (χ2v) is 7.15. The second kappa shape index (κ2) is 5.31. The fraction of sp³-hybridized carbons (Fsp3) is 0.800. The molecule has 3 aliphatic rings. The predicted molar refractivity (Wildman–Crippen MR) is 80.2 cm³/mol. The summed E-state index contributed by atoms with van der Waals surface area (Å²) in [5, 5.41) is 0. The number of nitrogens with zero attached hydrogens (tertiary/aromatic N) is 3. The van der Waals surface area contributed by atoms with Gasteiger partial charge in [-0.15, -0.1) is 0 Å². The number of carbonyl (C=O) groups excluding carboxylic acids is 2. The van der Waals surface area contributed by atoms with E-state index in [1.54, 1.807) is 9.80 Å². The standard InChI is InChI=1S/C15H25N3O3/c1-14(2,3)21-13(20)18-11-7-6-8-15(18,9-11)12(19)16-10-17(4)5/h10-11H,6-9H2,1-5H3. The Labute approximate surface area is 126 Å². The molecule has 0 aromatic carbocycles. The minimum Gasteiger partial charge on any atom is -0.444 e. The maximum Gasteiger partial charge on any atom is 0.411 e. The van der Waals surface area contributed by atoms with E-state index in [4.69, 9.17) is 4.74 Å². The number of carbonyl (C=O) groups is 2. The average Bonchev–Trinajstić information content (AvgIpc) is 2.33. The first kappa shape index (κ1) is 15.8. The van der Waals surface area contributed by atoms with Crippen molar-refractivity contribution in [2.75, 3.05) is 14.1 Å². The molecule has 21 heavy (non-hydrogen) atoms. The molecule has 2 aliphatic heterocycles. The minimum atomic E-state index is -0.780. The molecule has 2 unspecified atom stereocenters. The summed E-state index contributed by atoms with van der Waals surface area (Å²) in [4.78, 5) is 32.2. The molecule has 2 saturated heterocycles. The first-order chi connectivity index (χ1) is 9.66. The number of rotatable bonds is 2. The van der Waals surface area contributed by atoms with Crippen molar-refractivity contribution in [1.82, 2.24) is 9.80 Å². The summed E-state index contributed by atoms with van der Waals surface area (Å²) in [6, 6.07) is 0.118. The van der Waals surface area contributed by atoms with Crippen LogP contribution in [0, 0.1) is 0 Å². The minimum absolute atomic E-state index is 0.118. The van der Waals surface area contributed by atoms with Crippen LogP contribution in [-0.4, -0.2) is 59.4 Å². The van der Waals surface area contributed by atoms with Gasteiger partial charge in [0, 0.05) is 26.6 Å². The molecule has 0 spiro atoms. The quantitative estimate of drug-likeness (QED) is 0.577. The smallest absolute Gasteiger partial charge is 0.411 e. The monoisotopic (exact) mass is 295 g/mol. The van der Waals surface area contributed by atoms with E-state index >= 15 is 0 Å². The van der Waals surface area contributed by atoms with E-state index in [0.29, 0.717) is 12.8 Å². The third-order valence-electron chi connectivity index (χ3n) is 3.92. The Morgan fingerprint density at radius 2 is 2.05 bits per heavy atom. The summed E-state index contributed by atoms with van der Waals surface area (Å²) in [5.74, 6) is -0.238. The molecule has 2 bridgehead atoms. The predicted octanol–water partition coefficient (Wildman–Crippen LogP) is 2.03. The van der Waals surface area contributed by atoms with Crippen molar-refractivity contribution in [3.8, 4) is 0 Å². The van der Waals surface area contributed by atoms with Crippen LogP contribution in [0.5, 0.6) is 0 Å². The number of piperidine rings is 1. The molecule has 6 nitrogen and oxygen atoms in total. The molecule has 2 atom stereocenters. The van der Waals surface area contributed by atoms with Crippen molar-refractivity contribution in [1.29, 1.82) is 0 Å². The number of hydrogen-bond donors (Lipinski definition) is 0. The van der Waals surface area contributed by atoms with E-state index in [-0.39, 0.29) is 11.9 Å². The second-order valence-electron chi connectivity index (χ2n) is 7.15. The van der Waals surface area contributed by atoms with Gasteiger partial charge in [-0.05, 0) is 40.0 Å². The van der Waals surface area contributed by atoms with Gasteiger partial charge in [-0.1, -0.05) is 0 Å². The summed E-state index contributed by atoms with van der Waals surface area (Å²) in [6.07, 6.45) is 4.36. The third-order valence-corrected chi connectivity index (χ3v) is 3.92. The number of hydrogen-bond acceptors (Lipinski definition) is 3. The lowest BCUT2D eigenvalue weighted by molar-refractivity contribution is -0.154. The lowest BCUT2D eigenvalue weighted by Gasteiger charge is -2.59. The van der Waals surface area contributed by atoms with E-state index in [0.717, 1.165) is 12.8 Å². The van der Waals surface area contributed by atoms with E-state index in [2.05, 4.69) is 4.99 Å². The topological polar surface area (TPSA) is 62.2 Å². The van der Waals surface area contributed by atoms with Crippen molar-refractivity contribution in [3.05, 3.63) is 0 Å². The van der Waals surface area contributed by atoms with Gasteiger partial charge in [-0.2, -0.15) is 0 Å². The van der Waals surface area contributed by atoms with Gasteiger partial charge in [0.1, 0.15) is 11.1 Å². The van der Waals surface area contributed by atoms with Crippen LogP contribution >= 0.6 is 0 Å². The van der Waals surface area contributed by atoms with Crippen LogP contribution in [0.15, 0.2) is 4.99 Å². The van der Waals surface area contributed by atoms with E-state index in [1.165, 1.54) is 6.34 Å². The van der Waals surface area contributed by atoms with Crippen LogP contribution in [0.2, 0.25) is 0 Å². The van der Waals surface area contributed by atoms with Gasteiger partial charge >= 0.3 is 6.09 Å². The van der Waals surface area contributed by atoms with Crippen molar-refractivity contribution >= 4 is 18.3 Å². The Bertz CT molecular complexity index is 463. The summed E-state index contributed by atoms with van der Waals surface area (Å²) in [6.45, 7) is 5.50. The molecule has 3 rings (SSSR count). The number of fused-ring (bicyclic) bond motifs is 2. The van der Waals surface area contributed by atoms with Crippen LogP contribution in [-0.2, 0) is 9.53 Å². The van der Waals surface area contributed by atoms with Gasteiger partial charge in [0.2, 0.25) is 0 Å². The number of ether oxygens (including phenoxy) is 1. The maximum atomic E-state index is 12.5. The Kier molecular flexibility index (Phi) is 4.00. The first-order valence-electron chi connectivity index (χ1n) is 7.43. The number of amides is 2. The average molecular weight is 295 g/mol. The van der Waals surface area contributed by atoms with Crippen molar-refractivity contribution in [2.45, 2.75) is 63.6 Å². The Morgan fingerprint density at radius 1 is 1.38 bits per heavy atom. The Morgan fingerprint density at radius 3 is 2.57 bits per heavy atom. The summed E-state index contributed by atoms with van der Waals surface area (Å²) in [5.41, 5.74) is -1.34. The lowest BCUT2D eigenvalue weighted by atomic mass is 9.68. The molecular formula is C15H25N3O3. The van der Waals surface area contributed by atoms with E-state index in [9.17, 15) is 9.59 Å². The number of aliphatic imine (C=N–C) groups is 1. The molecule has 1 saturated carbocycles. The first-order valence-corrected chi connectivity index (χ1v) is 7.43. The molecule has 0 radical (unpaired) electrons. The SMILES string of the molecule is CN(C)C=NC(=O)C12CCCC(C1)N2C(=O)OC(C)(C)C. The molecule has 2 heterocycles. The van der Waals surface area contributed by atoms with Gasteiger partial charge in [0.15, 0.2) is 0 Å². The van der Waals surface area contributed by atoms with E-state index < -0.39 is 17.2 Å². The highest BCUT2D eigenvalue weighted by molar-refractivity contribution is 5.96. The van der Waals surface area contributed by atoms with Gasteiger partial charge in [-0.25, -0.2) is 9.79 Å². The molecule has 6 heteroatoms. The molecule has 1 aliphatic carbocycles. The molecule has 2 amide bonds.